The van der Waals surface area contributed by atoms with Crippen LogP contribution in [0.15, 0.2) is 30.3 Å². The Bertz CT molecular complexity index is 947. The number of carbonyl (C=O) groups excluding carboxylic acids is 2. The third-order valence-corrected chi connectivity index (χ3v) is 9.04. The largest absolute Gasteiger partial charge is 0.386 e. The summed E-state index contributed by atoms with van der Waals surface area (Å²) in [5.41, 5.74) is 0.742. The molecule has 9 heteroatoms. The van der Waals surface area contributed by atoms with E-state index >= 15 is 0 Å². The van der Waals surface area contributed by atoms with Crippen molar-refractivity contribution in [1.82, 2.24) is 15.1 Å². The third kappa shape index (κ3) is 9.48. The van der Waals surface area contributed by atoms with Gasteiger partial charge in [0.2, 0.25) is 11.8 Å². The van der Waals surface area contributed by atoms with Crippen molar-refractivity contribution in [2.45, 2.75) is 116 Å². The van der Waals surface area contributed by atoms with Gasteiger partial charge < -0.3 is 29.9 Å². The highest BCUT2D eigenvalue weighted by molar-refractivity contribution is 5.79. The molecule has 0 aromatic heterocycles. The summed E-state index contributed by atoms with van der Waals surface area (Å²) in [5.74, 6) is -0.200. The molecule has 1 unspecified atom stereocenters. The van der Waals surface area contributed by atoms with E-state index in [1.165, 1.54) is 0 Å². The Kier molecular flexibility index (Phi) is 14.9. The molecule has 0 bridgehead atoms. The van der Waals surface area contributed by atoms with Gasteiger partial charge in [-0.25, -0.2) is 0 Å². The molecule has 1 aliphatic heterocycles. The number of nitrogens with zero attached hydrogens (tertiary/aromatic N) is 2. The zero-order valence-electron chi connectivity index (χ0n) is 27.3. The van der Waals surface area contributed by atoms with E-state index in [2.05, 4.69) is 19.2 Å². The molecule has 1 aromatic rings. The number of amides is 2. The number of aliphatic hydroxyl groups is 2. The van der Waals surface area contributed by atoms with E-state index in [1.807, 2.05) is 68.0 Å². The van der Waals surface area contributed by atoms with E-state index in [-0.39, 0.29) is 41.8 Å². The highest BCUT2D eigenvalue weighted by atomic mass is 16.5. The molecule has 1 aliphatic rings. The lowest BCUT2D eigenvalue weighted by molar-refractivity contribution is -0.141. The molecule has 0 radical (unpaired) electrons. The van der Waals surface area contributed by atoms with Crippen LogP contribution < -0.4 is 5.32 Å². The molecule has 3 N–H and O–H groups in total. The second kappa shape index (κ2) is 17.3. The van der Waals surface area contributed by atoms with Crippen LogP contribution in [0.2, 0.25) is 0 Å². The summed E-state index contributed by atoms with van der Waals surface area (Å²) < 4.78 is 11.9. The van der Waals surface area contributed by atoms with Gasteiger partial charge in [0.25, 0.3) is 0 Å². The van der Waals surface area contributed by atoms with Crippen LogP contribution in [-0.2, 0) is 19.1 Å². The maximum absolute atomic E-state index is 13.3. The Morgan fingerprint density at radius 2 is 1.71 bits per heavy atom. The van der Waals surface area contributed by atoms with Gasteiger partial charge >= 0.3 is 0 Å². The third-order valence-electron chi connectivity index (χ3n) is 9.04. The molecule has 0 saturated carbocycles. The Balaban J connectivity index is 2.14. The van der Waals surface area contributed by atoms with Crippen LogP contribution in [0, 0.1) is 17.8 Å². The Hall–Kier alpha value is -2.04. The molecule has 0 spiro atoms. The zero-order valence-corrected chi connectivity index (χ0v) is 27.3. The topological polar surface area (TPSA) is 112 Å². The molecule has 1 aromatic carbocycles. The molecule has 1 heterocycles. The summed E-state index contributed by atoms with van der Waals surface area (Å²) in [5, 5.41) is 25.3. The second-order valence-electron chi connectivity index (χ2n) is 12.6. The zero-order chi connectivity index (χ0) is 31.6. The number of benzene rings is 1. The Morgan fingerprint density at radius 1 is 1.07 bits per heavy atom. The number of hydrogen-bond acceptors (Lipinski definition) is 7. The van der Waals surface area contributed by atoms with Crippen molar-refractivity contribution in [3.63, 3.8) is 0 Å². The van der Waals surface area contributed by atoms with Crippen LogP contribution in [-0.4, -0.2) is 96.2 Å². The molecule has 42 heavy (non-hydrogen) atoms. The lowest BCUT2D eigenvalue weighted by Gasteiger charge is -2.41. The van der Waals surface area contributed by atoms with Crippen molar-refractivity contribution >= 4 is 11.8 Å². The Morgan fingerprint density at radius 3 is 2.26 bits per heavy atom. The molecule has 240 valence electrons. The summed E-state index contributed by atoms with van der Waals surface area (Å²) in [6.07, 6.45) is 0.863. The first-order chi connectivity index (χ1) is 19.9. The molecule has 2 rings (SSSR count). The summed E-state index contributed by atoms with van der Waals surface area (Å²) in [6.45, 7) is 12.6. The predicted molar refractivity (Wildman–Crippen MR) is 166 cm³/mol. The van der Waals surface area contributed by atoms with Crippen LogP contribution in [0.3, 0.4) is 0 Å². The van der Waals surface area contributed by atoms with Crippen molar-refractivity contribution in [3.8, 4) is 0 Å². The first-order valence-corrected chi connectivity index (χ1v) is 15.7. The lowest BCUT2D eigenvalue weighted by Crippen LogP contribution is -2.55. The number of ether oxygens (including phenoxy) is 2. The SMILES string of the molecule is CC[C@H](C)[C@@H]([C@@H](CC(O)N1CCC[C@H]1[C@H](OC)[C@@H](C)C(=O)N[C@H](C)[C@@H](O)c1ccccc1)OC)N(C)C(=O)CC(C)C. The smallest absolute Gasteiger partial charge is 0.225 e. The van der Waals surface area contributed by atoms with E-state index < -0.39 is 30.4 Å². The molecule has 2 amide bonds. The van der Waals surface area contributed by atoms with Crippen molar-refractivity contribution in [2.75, 3.05) is 27.8 Å². The molecular formula is C33H57N3O6. The number of likely N-dealkylation sites (tertiary alicyclic amines) is 1. The van der Waals surface area contributed by atoms with E-state index in [4.69, 9.17) is 9.47 Å². The maximum Gasteiger partial charge on any atom is 0.225 e. The van der Waals surface area contributed by atoms with Crippen molar-refractivity contribution in [3.05, 3.63) is 35.9 Å². The summed E-state index contributed by atoms with van der Waals surface area (Å²) in [6, 6.07) is 8.45. The molecule has 1 fully saturated rings. The molecule has 9 atom stereocenters. The first-order valence-electron chi connectivity index (χ1n) is 15.7. The average molecular weight is 592 g/mol. The summed E-state index contributed by atoms with van der Waals surface area (Å²) in [4.78, 5) is 30.2. The Labute approximate surface area is 253 Å². The number of nitrogens with one attached hydrogen (secondary N) is 1. The number of aliphatic hydroxyl groups excluding tert-OH is 2. The van der Waals surface area contributed by atoms with Gasteiger partial charge in [0.1, 0.15) is 6.23 Å². The lowest BCUT2D eigenvalue weighted by atomic mass is 9.89. The molecule has 0 aliphatic carbocycles. The number of carbonyl (C=O) groups is 2. The van der Waals surface area contributed by atoms with Gasteiger partial charge in [-0.15, -0.1) is 0 Å². The normalized spacial score (nSPS) is 21.7. The minimum Gasteiger partial charge on any atom is -0.386 e. The monoisotopic (exact) mass is 591 g/mol. The highest BCUT2D eigenvalue weighted by Crippen LogP contribution is 2.31. The summed E-state index contributed by atoms with van der Waals surface area (Å²) >= 11 is 0. The van der Waals surface area contributed by atoms with Crippen molar-refractivity contribution < 1.29 is 29.3 Å². The fourth-order valence-electron chi connectivity index (χ4n) is 6.37. The summed E-state index contributed by atoms with van der Waals surface area (Å²) in [7, 11) is 5.09. The molecular weight excluding hydrogens is 534 g/mol. The second-order valence-corrected chi connectivity index (χ2v) is 12.6. The fourth-order valence-corrected chi connectivity index (χ4v) is 6.37. The van der Waals surface area contributed by atoms with E-state index in [0.717, 1.165) is 24.8 Å². The fraction of sp³-hybridized carbons (Fsp3) is 0.758. The molecule has 1 saturated heterocycles. The van der Waals surface area contributed by atoms with Crippen molar-refractivity contribution in [1.29, 1.82) is 0 Å². The average Bonchev–Trinajstić information content (AvgIpc) is 3.46. The van der Waals surface area contributed by atoms with Crippen LogP contribution in [0.1, 0.15) is 85.3 Å². The van der Waals surface area contributed by atoms with Gasteiger partial charge in [-0.05, 0) is 37.2 Å². The van der Waals surface area contributed by atoms with Crippen LogP contribution in [0.4, 0.5) is 0 Å². The highest BCUT2D eigenvalue weighted by Gasteiger charge is 2.42. The number of rotatable bonds is 17. The van der Waals surface area contributed by atoms with Gasteiger partial charge in [-0.2, -0.15) is 0 Å². The van der Waals surface area contributed by atoms with Gasteiger partial charge in [-0.3, -0.25) is 14.5 Å². The minimum atomic E-state index is -0.830. The maximum atomic E-state index is 13.3. The standard InChI is InChI=1S/C33H57N3O6/c1-10-22(4)30(35(7)28(37)19-21(2)3)27(41-8)20-29(38)36-18-14-17-26(36)32(42-9)23(5)33(40)34-24(6)31(39)25-15-12-11-13-16-25/h11-13,15-16,21-24,26-27,29-32,38-39H,10,14,17-20H2,1-9H3,(H,34,40)/t22-,23+,24+,26-,27+,29?,30-,31+,32+/m0/s1. The van der Waals surface area contributed by atoms with Gasteiger partial charge in [0, 0.05) is 46.7 Å². The number of methoxy groups -OCH3 is 2. The van der Waals surface area contributed by atoms with Crippen LogP contribution >= 0.6 is 0 Å². The van der Waals surface area contributed by atoms with Crippen LogP contribution in [0.5, 0.6) is 0 Å². The number of hydrogen-bond donors (Lipinski definition) is 3. The van der Waals surface area contributed by atoms with Gasteiger partial charge in [-0.1, -0.05) is 71.4 Å². The van der Waals surface area contributed by atoms with E-state index in [1.54, 1.807) is 21.1 Å². The van der Waals surface area contributed by atoms with E-state index in [0.29, 0.717) is 19.4 Å². The van der Waals surface area contributed by atoms with Gasteiger partial charge in [0.05, 0.1) is 36.3 Å². The minimum absolute atomic E-state index is 0.0804. The first kappa shape index (κ1) is 36.2. The van der Waals surface area contributed by atoms with Gasteiger partial charge in [0.15, 0.2) is 0 Å². The quantitative estimate of drug-likeness (QED) is 0.251. The van der Waals surface area contributed by atoms with Crippen LogP contribution in [0.25, 0.3) is 0 Å². The van der Waals surface area contributed by atoms with E-state index in [9.17, 15) is 19.8 Å². The van der Waals surface area contributed by atoms with Crippen molar-refractivity contribution in [2.24, 2.45) is 17.8 Å². The predicted octanol–water partition coefficient (Wildman–Crippen LogP) is 3.98. The number of likely N-dealkylation sites (N-methyl/N-ethyl adjacent to an activating group) is 1. The molecule has 9 nitrogen and oxygen atoms in total.